The lowest BCUT2D eigenvalue weighted by atomic mass is 9.81. The van der Waals surface area contributed by atoms with Crippen molar-refractivity contribution in [3.8, 4) is 0 Å². The minimum absolute atomic E-state index is 0.141. The Balaban J connectivity index is 1.86. The summed E-state index contributed by atoms with van der Waals surface area (Å²) in [5, 5.41) is 11.7. The highest BCUT2D eigenvalue weighted by Crippen LogP contribution is 2.30. The summed E-state index contributed by atoms with van der Waals surface area (Å²) in [4.78, 5) is 23.4. The number of anilines is 1. The summed E-state index contributed by atoms with van der Waals surface area (Å²) in [6, 6.07) is 6.25. The molecule has 0 unspecified atom stereocenters. The molecule has 1 amide bonds. The van der Waals surface area contributed by atoms with Gasteiger partial charge in [-0.25, -0.2) is 0 Å². The molecule has 7 heteroatoms. The number of thioether (sulfide) groups is 1. The molecule has 0 spiro atoms. The van der Waals surface area contributed by atoms with Crippen molar-refractivity contribution < 1.29 is 23.5 Å². The average molecular weight is 329 g/mol. The number of aliphatic carboxylic acids is 1. The van der Waals surface area contributed by atoms with Crippen molar-refractivity contribution in [3.05, 3.63) is 24.3 Å². The number of carbonyl (C=O) groups is 2. The summed E-state index contributed by atoms with van der Waals surface area (Å²) in [7, 11) is 0. The first-order chi connectivity index (χ1) is 10.5. The highest BCUT2D eigenvalue weighted by atomic mass is 32.2. The molecular formula is C15H17F2NO3S. The van der Waals surface area contributed by atoms with Crippen LogP contribution < -0.4 is 5.32 Å². The third kappa shape index (κ3) is 4.69. The fourth-order valence-corrected chi connectivity index (χ4v) is 3.07. The zero-order valence-corrected chi connectivity index (χ0v) is 12.6. The summed E-state index contributed by atoms with van der Waals surface area (Å²) in [5.74, 6) is -3.95. The van der Waals surface area contributed by atoms with Crippen LogP contribution in [0.2, 0.25) is 0 Å². The van der Waals surface area contributed by atoms with E-state index in [1.165, 1.54) is 12.1 Å². The van der Waals surface area contributed by atoms with Crippen LogP contribution >= 0.6 is 11.8 Å². The molecule has 1 saturated carbocycles. The van der Waals surface area contributed by atoms with E-state index in [4.69, 9.17) is 5.11 Å². The van der Waals surface area contributed by atoms with Crippen LogP contribution in [0.15, 0.2) is 29.2 Å². The van der Waals surface area contributed by atoms with Gasteiger partial charge in [-0.15, -0.1) is 0 Å². The quantitative estimate of drug-likeness (QED) is 0.806. The van der Waals surface area contributed by atoms with Crippen molar-refractivity contribution >= 4 is 29.3 Å². The Labute approximate surface area is 131 Å². The second-order valence-electron chi connectivity index (χ2n) is 5.28. The van der Waals surface area contributed by atoms with Crippen molar-refractivity contribution in [2.24, 2.45) is 11.8 Å². The third-order valence-corrected chi connectivity index (χ3v) is 4.52. The minimum Gasteiger partial charge on any atom is -0.481 e. The van der Waals surface area contributed by atoms with E-state index in [2.05, 4.69) is 5.32 Å². The topological polar surface area (TPSA) is 66.4 Å². The number of carboxylic acids is 1. The molecule has 0 heterocycles. The number of hydrogen-bond donors (Lipinski definition) is 2. The standard InChI is InChI=1S/C15H17F2NO3S/c16-15(17)22-12-7-5-11(6-8-12)18-13(19)9-1-3-10(4-2-9)14(20)21/h5-10,15H,1-4H2,(H,18,19)(H,20,21). The largest absolute Gasteiger partial charge is 0.481 e. The first-order valence-electron chi connectivity index (χ1n) is 7.04. The first kappa shape index (κ1) is 16.7. The number of halogens is 2. The summed E-state index contributed by atoms with van der Waals surface area (Å²) in [5.41, 5.74) is 0.559. The fraction of sp³-hybridized carbons (Fsp3) is 0.467. The van der Waals surface area contributed by atoms with Gasteiger partial charge in [-0.1, -0.05) is 11.8 Å². The predicted octanol–water partition coefficient (Wildman–Crippen LogP) is 3.83. The van der Waals surface area contributed by atoms with Gasteiger partial charge >= 0.3 is 5.97 Å². The molecule has 0 aromatic heterocycles. The molecule has 1 aromatic carbocycles. The van der Waals surface area contributed by atoms with Crippen molar-refractivity contribution in [1.82, 2.24) is 0 Å². The predicted molar refractivity (Wildman–Crippen MR) is 80.0 cm³/mol. The van der Waals surface area contributed by atoms with E-state index in [1.54, 1.807) is 12.1 Å². The highest BCUT2D eigenvalue weighted by Gasteiger charge is 2.29. The van der Waals surface area contributed by atoms with Crippen LogP contribution in [0.3, 0.4) is 0 Å². The zero-order valence-electron chi connectivity index (χ0n) is 11.8. The van der Waals surface area contributed by atoms with E-state index >= 15 is 0 Å². The van der Waals surface area contributed by atoms with Crippen LogP contribution in [0, 0.1) is 11.8 Å². The fourth-order valence-electron chi connectivity index (χ4n) is 2.57. The molecule has 120 valence electrons. The van der Waals surface area contributed by atoms with Gasteiger partial charge in [0.1, 0.15) is 0 Å². The summed E-state index contributed by atoms with van der Waals surface area (Å²) >= 11 is 0.455. The van der Waals surface area contributed by atoms with E-state index in [0.29, 0.717) is 48.0 Å². The van der Waals surface area contributed by atoms with Gasteiger partial charge in [-0.3, -0.25) is 9.59 Å². The Kier molecular flexibility index (Phi) is 5.76. The minimum atomic E-state index is -2.47. The molecule has 1 aromatic rings. The number of rotatable bonds is 5. The van der Waals surface area contributed by atoms with Crippen molar-refractivity contribution in [1.29, 1.82) is 0 Å². The normalized spacial score (nSPS) is 21.6. The number of hydrogen-bond acceptors (Lipinski definition) is 3. The highest BCUT2D eigenvalue weighted by molar-refractivity contribution is 7.99. The van der Waals surface area contributed by atoms with Crippen LogP contribution in [-0.4, -0.2) is 22.7 Å². The maximum atomic E-state index is 12.2. The Morgan fingerprint density at radius 1 is 1.09 bits per heavy atom. The zero-order chi connectivity index (χ0) is 16.1. The Hall–Kier alpha value is -1.63. The molecule has 22 heavy (non-hydrogen) atoms. The van der Waals surface area contributed by atoms with Crippen LogP contribution in [0.1, 0.15) is 25.7 Å². The lowest BCUT2D eigenvalue weighted by molar-refractivity contribution is -0.143. The molecular weight excluding hydrogens is 312 g/mol. The Morgan fingerprint density at radius 3 is 2.14 bits per heavy atom. The lowest BCUT2D eigenvalue weighted by Gasteiger charge is -2.25. The molecule has 2 rings (SSSR count). The Morgan fingerprint density at radius 2 is 1.64 bits per heavy atom. The van der Waals surface area contributed by atoms with Gasteiger partial charge in [0.15, 0.2) is 0 Å². The molecule has 0 bridgehead atoms. The summed E-state index contributed by atoms with van der Waals surface area (Å²) < 4.78 is 24.4. The van der Waals surface area contributed by atoms with E-state index < -0.39 is 11.7 Å². The molecule has 0 radical (unpaired) electrons. The first-order valence-corrected chi connectivity index (χ1v) is 7.92. The maximum Gasteiger partial charge on any atom is 0.306 e. The smallest absolute Gasteiger partial charge is 0.306 e. The van der Waals surface area contributed by atoms with Gasteiger partial charge in [-0.2, -0.15) is 8.78 Å². The van der Waals surface area contributed by atoms with Crippen molar-refractivity contribution in [2.45, 2.75) is 36.3 Å². The van der Waals surface area contributed by atoms with Crippen molar-refractivity contribution in [2.75, 3.05) is 5.32 Å². The summed E-state index contributed by atoms with van der Waals surface area (Å²) in [6.45, 7) is 0. The molecule has 4 nitrogen and oxygen atoms in total. The number of carboxylic acid groups (broad SMARTS) is 1. The Bertz CT molecular complexity index is 528. The number of benzene rings is 1. The van der Waals surface area contributed by atoms with Gasteiger partial charge in [0.05, 0.1) is 5.92 Å². The van der Waals surface area contributed by atoms with Gasteiger partial charge in [-0.05, 0) is 49.9 Å². The van der Waals surface area contributed by atoms with Crippen LogP contribution in [-0.2, 0) is 9.59 Å². The molecule has 2 N–H and O–H groups in total. The van der Waals surface area contributed by atoms with Crippen LogP contribution in [0.5, 0.6) is 0 Å². The number of nitrogens with one attached hydrogen (secondary N) is 1. The third-order valence-electron chi connectivity index (χ3n) is 3.79. The molecule has 0 aliphatic heterocycles. The van der Waals surface area contributed by atoms with Crippen molar-refractivity contribution in [3.63, 3.8) is 0 Å². The molecule has 0 saturated heterocycles. The monoisotopic (exact) mass is 329 g/mol. The second-order valence-corrected chi connectivity index (χ2v) is 6.34. The van der Waals surface area contributed by atoms with E-state index in [0.717, 1.165) is 0 Å². The number of amides is 1. The maximum absolute atomic E-state index is 12.2. The van der Waals surface area contributed by atoms with Crippen LogP contribution in [0.4, 0.5) is 14.5 Å². The van der Waals surface area contributed by atoms with Gasteiger partial charge in [0.25, 0.3) is 5.76 Å². The molecule has 0 atom stereocenters. The summed E-state index contributed by atoms with van der Waals surface area (Å²) in [6.07, 6.45) is 2.14. The number of carbonyl (C=O) groups excluding carboxylic acids is 1. The lowest BCUT2D eigenvalue weighted by Crippen LogP contribution is -2.29. The SMILES string of the molecule is O=C(O)C1CCC(C(=O)Nc2ccc(SC(F)F)cc2)CC1. The molecule has 1 fully saturated rings. The van der Waals surface area contributed by atoms with E-state index in [-0.39, 0.29) is 17.7 Å². The van der Waals surface area contributed by atoms with Gasteiger partial charge in [0, 0.05) is 16.5 Å². The second kappa shape index (κ2) is 7.58. The van der Waals surface area contributed by atoms with Gasteiger partial charge < -0.3 is 10.4 Å². The molecule has 1 aliphatic carbocycles. The van der Waals surface area contributed by atoms with E-state index in [1.807, 2.05) is 0 Å². The molecule has 1 aliphatic rings. The van der Waals surface area contributed by atoms with Gasteiger partial charge in [0.2, 0.25) is 5.91 Å². The number of alkyl halides is 2. The van der Waals surface area contributed by atoms with Crippen LogP contribution in [0.25, 0.3) is 0 Å². The van der Waals surface area contributed by atoms with E-state index in [9.17, 15) is 18.4 Å². The average Bonchev–Trinajstić information content (AvgIpc) is 2.49.